The van der Waals surface area contributed by atoms with Crippen molar-refractivity contribution in [1.82, 2.24) is 45.2 Å². The Labute approximate surface area is 498 Å². The maximum atomic E-state index is 11.7. The minimum absolute atomic E-state index is 0.158. The molecule has 2 aromatic carbocycles. The number of fused-ring (bicyclic) bond motifs is 6. The first-order valence-electron chi connectivity index (χ1n) is 28.1. The minimum Gasteiger partial charge on any atom is -0.494 e. The predicted molar refractivity (Wildman–Crippen MR) is 334 cm³/mol. The van der Waals surface area contributed by atoms with E-state index in [0.29, 0.717) is 32.6 Å². The van der Waals surface area contributed by atoms with Crippen LogP contribution < -0.4 is 20.3 Å². The molecule has 19 heteroatoms. The number of rotatable bonds is 15. The molecular formula is C65H71BBrN9O8. The van der Waals surface area contributed by atoms with E-state index >= 15 is 0 Å². The van der Waals surface area contributed by atoms with Crippen LogP contribution in [0.15, 0.2) is 151 Å². The van der Waals surface area contributed by atoms with Crippen LogP contribution in [0.4, 0.5) is 4.79 Å². The lowest BCUT2D eigenvalue weighted by Crippen LogP contribution is -2.41. The molecule has 1 fully saturated rings. The Balaban J connectivity index is 0.000000159. The standard InChI is InChI=1S/C29H29N5O3.C21H33BO5.C15H9BrN4/c1-29(2,3)37-28(35)31-12-5-13-36-22-9-7-19(8-10-22)21-14-24-23-15-25(20-6-4-11-30-16-20)32-18-26(23)34-27(24)33-17-21;1-19(2,3)25-18(23)10-8-9-15-24-17-13-11-16(12-14-17)22-26-20(4,5)21(6,7)27-22;16-10-4-12-11-5-13(9-2-1-3-17-6-9)18-8-14(11)20-15(12)19-7-10/h4,6-11,14-18H,5,12-13H2,1-3H3,(H,31,35)(H,33,34);11-14H,8-10,15H2,1-7H3;1-8H,(H,19,20). The number of hydrogen-bond donors (Lipinski definition) is 3. The fourth-order valence-electron chi connectivity index (χ4n) is 8.99. The third-order valence-corrected chi connectivity index (χ3v) is 14.3. The lowest BCUT2D eigenvalue weighted by atomic mass is 9.79. The number of aromatic nitrogens is 8. The highest BCUT2D eigenvalue weighted by Gasteiger charge is 2.51. The van der Waals surface area contributed by atoms with Gasteiger partial charge >= 0.3 is 19.2 Å². The Kier molecular flexibility index (Phi) is 18.8. The predicted octanol–water partition coefficient (Wildman–Crippen LogP) is 13.9. The van der Waals surface area contributed by atoms with Crippen LogP contribution in [0.3, 0.4) is 0 Å². The highest BCUT2D eigenvalue weighted by Crippen LogP contribution is 2.37. The zero-order chi connectivity index (χ0) is 59.7. The number of unbranched alkanes of at least 4 members (excludes halogenated alkanes) is 1. The number of pyridine rings is 6. The molecule has 10 aromatic rings. The number of nitrogens with one attached hydrogen (secondary N) is 3. The van der Waals surface area contributed by atoms with Crippen molar-refractivity contribution in [2.24, 2.45) is 0 Å². The number of H-pyrrole nitrogens is 2. The van der Waals surface area contributed by atoms with Crippen molar-refractivity contribution in [3.63, 3.8) is 0 Å². The zero-order valence-corrected chi connectivity index (χ0v) is 50.8. The summed E-state index contributed by atoms with van der Waals surface area (Å²) in [5, 5.41) is 7.04. The van der Waals surface area contributed by atoms with Crippen LogP contribution in [0.2, 0.25) is 0 Å². The van der Waals surface area contributed by atoms with Crippen LogP contribution in [0.5, 0.6) is 11.5 Å². The molecule has 1 amide bonds. The van der Waals surface area contributed by atoms with Crippen LogP contribution >= 0.6 is 15.9 Å². The zero-order valence-electron chi connectivity index (χ0n) is 49.2. The number of carbonyl (C=O) groups is 2. The van der Waals surface area contributed by atoms with Crippen molar-refractivity contribution >= 4 is 84.4 Å². The van der Waals surface area contributed by atoms with E-state index in [1.807, 2.05) is 173 Å². The maximum absolute atomic E-state index is 11.7. The summed E-state index contributed by atoms with van der Waals surface area (Å²) >= 11 is 3.46. The number of nitrogens with zero attached hydrogens (tertiary/aromatic N) is 6. The monoisotopic (exact) mass is 1200 g/mol. The number of halogens is 1. The molecule has 0 aliphatic carbocycles. The van der Waals surface area contributed by atoms with E-state index in [4.69, 9.17) is 28.3 Å². The number of alkyl carbamates (subject to hydrolysis) is 1. The smallest absolute Gasteiger partial charge is 0.494 e. The molecule has 1 saturated heterocycles. The molecule has 0 bridgehead atoms. The van der Waals surface area contributed by atoms with Crippen LogP contribution in [-0.2, 0) is 23.6 Å². The van der Waals surface area contributed by atoms with E-state index < -0.39 is 17.3 Å². The summed E-state index contributed by atoms with van der Waals surface area (Å²) in [6.45, 7) is 20.9. The Bertz CT molecular complexity index is 3830. The highest BCUT2D eigenvalue weighted by atomic mass is 79.9. The van der Waals surface area contributed by atoms with Crippen molar-refractivity contribution in [3.8, 4) is 45.1 Å². The van der Waals surface area contributed by atoms with E-state index in [0.717, 1.165) is 112 Å². The fourth-order valence-corrected chi connectivity index (χ4v) is 9.32. The average molecular weight is 1200 g/mol. The van der Waals surface area contributed by atoms with E-state index in [-0.39, 0.29) is 24.3 Å². The molecular weight excluding hydrogens is 1130 g/mol. The molecule has 0 saturated carbocycles. The molecule has 3 N–H and O–H groups in total. The third-order valence-electron chi connectivity index (χ3n) is 13.9. The van der Waals surface area contributed by atoms with Crippen molar-refractivity contribution in [1.29, 1.82) is 0 Å². The van der Waals surface area contributed by atoms with Gasteiger partial charge in [-0.25, -0.2) is 14.8 Å². The second-order valence-corrected chi connectivity index (χ2v) is 24.3. The first kappa shape index (κ1) is 60.3. The van der Waals surface area contributed by atoms with Gasteiger partial charge in [0.1, 0.15) is 34.0 Å². The summed E-state index contributed by atoms with van der Waals surface area (Å²) in [7, 11) is -0.363. The van der Waals surface area contributed by atoms with Crippen molar-refractivity contribution in [3.05, 3.63) is 151 Å². The van der Waals surface area contributed by atoms with Gasteiger partial charge in [0.15, 0.2) is 0 Å². The lowest BCUT2D eigenvalue weighted by molar-refractivity contribution is -0.154. The number of carbonyl (C=O) groups excluding carboxylic acids is 2. The molecule has 1 aliphatic rings. The second kappa shape index (κ2) is 26.1. The van der Waals surface area contributed by atoms with Crippen LogP contribution in [0, 0.1) is 0 Å². The Morgan fingerprint density at radius 1 is 0.571 bits per heavy atom. The molecule has 1 aliphatic heterocycles. The van der Waals surface area contributed by atoms with E-state index in [1.54, 1.807) is 18.6 Å². The van der Waals surface area contributed by atoms with Gasteiger partial charge in [-0.1, -0.05) is 24.3 Å². The first-order chi connectivity index (χ1) is 40.1. The topological polar surface area (TPSA) is 210 Å². The molecule has 0 atom stereocenters. The maximum Gasteiger partial charge on any atom is 0.494 e. The molecule has 0 spiro atoms. The number of aromatic amines is 2. The summed E-state index contributed by atoms with van der Waals surface area (Å²) in [6, 6.07) is 31.9. The molecule has 434 valence electrons. The van der Waals surface area contributed by atoms with Gasteiger partial charge in [0.25, 0.3) is 0 Å². The van der Waals surface area contributed by atoms with Gasteiger partial charge in [-0.2, -0.15) is 0 Å². The number of amides is 1. The first-order valence-corrected chi connectivity index (χ1v) is 28.9. The van der Waals surface area contributed by atoms with E-state index in [1.165, 1.54) is 0 Å². The van der Waals surface area contributed by atoms with Gasteiger partial charge in [0, 0.05) is 92.9 Å². The van der Waals surface area contributed by atoms with Crippen LogP contribution in [0.25, 0.3) is 77.5 Å². The highest BCUT2D eigenvalue weighted by molar-refractivity contribution is 9.10. The average Bonchev–Trinajstić information content (AvgIpc) is 3.76. The number of hydrogen-bond acceptors (Lipinski definition) is 14. The van der Waals surface area contributed by atoms with Gasteiger partial charge < -0.3 is 43.5 Å². The number of benzene rings is 2. The third kappa shape index (κ3) is 15.9. The fraction of sp³-hybridized carbons (Fsp3) is 0.323. The number of esters is 1. The lowest BCUT2D eigenvalue weighted by Gasteiger charge is -2.32. The van der Waals surface area contributed by atoms with E-state index in [9.17, 15) is 9.59 Å². The minimum atomic E-state index is -0.503. The summed E-state index contributed by atoms with van der Waals surface area (Å²) in [5.74, 6) is 1.41. The summed E-state index contributed by atoms with van der Waals surface area (Å²) in [6.07, 6.45) is 16.7. The van der Waals surface area contributed by atoms with Gasteiger partial charge in [0.2, 0.25) is 0 Å². The SMILES string of the molecule is Brc1cnc2[nH]c3cnc(-c4cccnc4)cc3c2c1.CC(C)(C)OC(=O)CCCCOc1ccc(B2OC(C)(C)C(C)(C)O2)cc1.CC(C)(C)OC(=O)NCCCOc1ccc(-c2cnc3[nH]c4cnc(-c5cccnc5)cc4c3c2)cc1. The summed E-state index contributed by atoms with van der Waals surface area (Å²) in [5.41, 5.74) is 8.79. The van der Waals surface area contributed by atoms with Crippen molar-refractivity contribution < 1.29 is 37.8 Å². The van der Waals surface area contributed by atoms with Crippen molar-refractivity contribution in [2.75, 3.05) is 19.8 Å². The molecule has 8 aromatic heterocycles. The Morgan fingerprint density at radius 2 is 1.10 bits per heavy atom. The second-order valence-electron chi connectivity index (χ2n) is 23.3. The largest absolute Gasteiger partial charge is 0.494 e. The van der Waals surface area contributed by atoms with Gasteiger partial charge in [-0.15, -0.1) is 0 Å². The Morgan fingerprint density at radius 3 is 1.63 bits per heavy atom. The Hall–Kier alpha value is -8.26. The summed E-state index contributed by atoms with van der Waals surface area (Å²) < 4.78 is 35.2. The molecule has 0 radical (unpaired) electrons. The van der Waals surface area contributed by atoms with Crippen LogP contribution in [-0.4, -0.2) is 101 Å². The normalized spacial score (nSPS) is 13.7. The number of ether oxygens (including phenoxy) is 4. The molecule has 17 nitrogen and oxygen atoms in total. The van der Waals surface area contributed by atoms with Gasteiger partial charge in [-0.3, -0.25) is 24.7 Å². The van der Waals surface area contributed by atoms with Crippen LogP contribution in [0.1, 0.15) is 94.9 Å². The van der Waals surface area contributed by atoms with Crippen molar-refractivity contribution in [2.45, 2.75) is 117 Å². The van der Waals surface area contributed by atoms with E-state index in [2.05, 4.69) is 85.4 Å². The molecule has 0 unspecified atom stereocenters. The van der Waals surface area contributed by atoms with Gasteiger partial charge in [-0.05, 0) is 188 Å². The quantitative estimate of drug-likeness (QED) is 0.0495. The summed E-state index contributed by atoms with van der Waals surface area (Å²) in [4.78, 5) is 56.4. The molecule has 11 rings (SSSR count). The molecule has 9 heterocycles. The molecule has 84 heavy (non-hydrogen) atoms. The van der Waals surface area contributed by atoms with Gasteiger partial charge in [0.05, 0.1) is 59.2 Å².